The number of hydrogen-bond donors (Lipinski definition) is 6. The van der Waals surface area contributed by atoms with Crippen molar-refractivity contribution in [3.8, 4) is 0 Å². The number of esters is 1. The number of hydrogen-bond acceptors (Lipinski definition) is 16. The Labute approximate surface area is 408 Å². The van der Waals surface area contributed by atoms with E-state index in [2.05, 4.69) is 0 Å². The highest BCUT2D eigenvalue weighted by molar-refractivity contribution is 7.69. The molecule has 1 fully saturated rings. The summed E-state index contributed by atoms with van der Waals surface area (Å²) in [5, 5.41) is 31.4. The largest absolute Gasteiger partial charge is 0.463 e. The molecule has 1 saturated heterocycles. The van der Waals surface area contributed by atoms with Crippen LogP contribution >= 0.6 is 23.8 Å². The molecule has 0 bridgehead atoms. The van der Waals surface area contributed by atoms with Gasteiger partial charge in [-0.05, 0) is 33.4 Å². The Balaban J connectivity index is 1.55. The molecule has 5 atom stereocenters. The quantitative estimate of drug-likeness (QED) is 0.0247. The van der Waals surface area contributed by atoms with Crippen LogP contribution in [0.1, 0.15) is 40.3 Å². The van der Waals surface area contributed by atoms with E-state index in [1.165, 1.54) is 0 Å². The Hall–Kier alpha value is -4.48. The standard InChI is InChI=1S/C51H58O16P3/c1-40(52)60-39-47-49(53,68(56,61-33-41-21-9-3-10-22-41)62-34-42-23-11-4-12-24-42)51(55,70(58,65-37-45-29-17-7-18-30-45)66-38-46-31-19-8-20-32-46)50(54,48(59-2)67-47)69(57,63-35-43-25-13-5-14-26-43)64-36-44-27-15-6-16-28-44/h3-32,47-48,53-58H,33-39H2,1-2H3/q+3/t47-,48+,49+,50+,51-/m1/s1. The van der Waals surface area contributed by atoms with Gasteiger partial charge in [-0.1, -0.05) is 182 Å². The highest BCUT2D eigenvalue weighted by Gasteiger charge is 3.05. The minimum absolute atomic E-state index is 0.406. The summed E-state index contributed by atoms with van der Waals surface area (Å²) in [4.78, 5) is 53.7. The molecule has 70 heavy (non-hydrogen) atoms. The zero-order valence-corrected chi connectivity index (χ0v) is 41.2. The number of rotatable bonds is 24. The minimum Gasteiger partial charge on any atom is -0.463 e. The maximum atomic E-state index is 14.6. The fourth-order valence-electron chi connectivity index (χ4n) is 7.80. The van der Waals surface area contributed by atoms with Crippen LogP contribution in [0.5, 0.6) is 0 Å². The van der Waals surface area contributed by atoms with Crippen molar-refractivity contribution in [1.82, 2.24) is 0 Å². The molecule has 1 aliphatic rings. The Morgan fingerprint density at radius 2 is 0.714 bits per heavy atom. The molecule has 0 aliphatic carbocycles. The van der Waals surface area contributed by atoms with Gasteiger partial charge in [0, 0.05) is 14.0 Å². The highest BCUT2D eigenvalue weighted by atomic mass is 31.2. The SMILES string of the molecule is CO[C@H]1O[C@H](COC(C)=O)[C@](O)([P+](O)(OCc2ccccc2)OCc2ccccc2)[C@@](O)([P+](O)(OCc2ccccc2)OCc2ccccc2)[C@@]1(O)[P+](O)(OCc1ccccc1)OCc1ccccc1. The van der Waals surface area contributed by atoms with E-state index in [0.29, 0.717) is 33.4 Å². The van der Waals surface area contributed by atoms with Crippen LogP contribution in [0.15, 0.2) is 182 Å². The third kappa shape index (κ3) is 11.4. The van der Waals surface area contributed by atoms with Crippen LogP contribution < -0.4 is 0 Å². The van der Waals surface area contributed by atoms with Gasteiger partial charge in [-0.15, -0.1) is 0 Å². The van der Waals surface area contributed by atoms with E-state index < -0.39 is 104 Å². The van der Waals surface area contributed by atoms with Gasteiger partial charge in [0.15, 0.2) is 6.10 Å². The molecule has 6 aromatic rings. The van der Waals surface area contributed by atoms with Crippen molar-refractivity contribution in [3.63, 3.8) is 0 Å². The van der Waals surface area contributed by atoms with Gasteiger partial charge in [-0.3, -0.25) is 4.79 Å². The molecule has 0 radical (unpaired) electrons. The average molecular weight is 1020 g/mol. The van der Waals surface area contributed by atoms with Crippen molar-refractivity contribution in [2.24, 2.45) is 0 Å². The third-order valence-corrected chi connectivity index (χ3v) is 19.1. The molecular formula is C51H58O16P3+3. The van der Waals surface area contributed by atoms with Crippen LogP contribution in [0, 0.1) is 0 Å². The van der Waals surface area contributed by atoms with Crippen molar-refractivity contribution in [2.45, 2.75) is 75.0 Å². The molecule has 16 nitrogen and oxygen atoms in total. The van der Waals surface area contributed by atoms with E-state index >= 15 is 0 Å². The van der Waals surface area contributed by atoms with Gasteiger partial charge in [0.05, 0.1) is 0 Å². The summed E-state index contributed by atoms with van der Waals surface area (Å²) in [6, 6.07) is 50.5. The summed E-state index contributed by atoms with van der Waals surface area (Å²) in [6.45, 7) is -3.25. The molecule has 370 valence electrons. The lowest BCUT2D eigenvalue weighted by atomic mass is 9.96. The second-order valence-electron chi connectivity index (χ2n) is 16.2. The van der Waals surface area contributed by atoms with Gasteiger partial charge in [0.1, 0.15) is 46.2 Å². The minimum atomic E-state index is -5.77. The van der Waals surface area contributed by atoms with Crippen molar-refractivity contribution in [3.05, 3.63) is 215 Å². The predicted molar refractivity (Wildman–Crippen MR) is 262 cm³/mol. The zero-order chi connectivity index (χ0) is 49.7. The lowest BCUT2D eigenvalue weighted by molar-refractivity contribution is -0.349. The van der Waals surface area contributed by atoms with E-state index in [-0.39, 0.29) is 0 Å². The molecule has 6 N–H and O–H groups in total. The van der Waals surface area contributed by atoms with Crippen LogP contribution in [-0.2, 0) is 85.8 Å². The lowest BCUT2D eigenvalue weighted by Crippen LogP contribution is -2.81. The number of carbonyl (C=O) groups excluding carboxylic acids is 1. The summed E-state index contributed by atoms with van der Waals surface area (Å²) in [5.41, 5.74) is 2.56. The fourth-order valence-corrected chi connectivity index (χ4v) is 15.9. The Morgan fingerprint density at radius 1 is 0.457 bits per heavy atom. The maximum Gasteiger partial charge on any atom is 0.460 e. The summed E-state index contributed by atoms with van der Waals surface area (Å²) >= 11 is 0. The Kier molecular flexibility index (Phi) is 18.2. The van der Waals surface area contributed by atoms with E-state index in [9.17, 15) is 34.8 Å². The normalized spacial score (nSPS) is 21.8. The van der Waals surface area contributed by atoms with Crippen molar-refractivity contribution >= 4 is 29.8 Å². The first-order chi connectivity index (χ1) is 33.7. The van der Waals surface area contributed by atoms with Gasteiger partial charge in [-0.25, -0.2) is 0 Å². The summed E-state index contributed by atoms with van der Waals surface area (Å²) in [6.07, 6.45) is -4.72. The van der Waals surface area contributed by atoms with Gasteiger partial charge in [0.2, 0.25) is 6.29 Å². The predicted octanol–water partition coefficient (Wildman–Crippen LogP) is 8.55. The van der Waals surface area contributed by atoms with E-state index in [1.807, 2.05) is 0 Å². The topological polar surface area (TPSA) is 222 Å². The second-order valence-corrected chi connectivity index (χ2v) is 22.9. The molecular weight excluding hydrogens is 961 g/mol. The molecule has 1 heterocycles. The molecule has 19 heteroatoms. The molecule has 0 unspecified atom stereocenters. The van der Waals surface area contributed by atoms with E-state index in [4.69, 9.17) is 41.4 Å². The van der Waals surface area contributed by atoms with Crippen molar-refractivity contribution in [1.29, 1.82) is 0 Å². The molecule has 0 spiro atoms. The molecule has 0 amide bonds. The number of benzene rings is 6. The van der Waals surface area contributed by atoms with Crippen LogP contribution in [0.4, 0.5) is 0 Å². The number of carbonyl (C=O) groups is 1. The Bertz CT molecular complexity index is 2390. The van der Waals surface area contributed by atoms with Crippen LogP contribution in [0.3, 0.4) is 0 Å². The third-order valence-electron chi connectivity index (χ3n) is 11.5. The molecule has 7 rings (SSSR count). The highest BCUT2D eigenvalue weighted by Crippen LogP contribution is 2.90. The monoisotopic (exact) mass is 1020 g/mol. The molecule has 0 aromatic heterocycles. The van der Waals surface area contributed by atoms with Gasteiger partial charge < -0.3 is 29.5 Å². The zero-order valence-electron chi connectivity index (χ0n) is 38.5. The van der Waals surface area contributed by atoms with Gasteiger partial charge >= 0.3 is 45.8 Å². The smallest absolute Gasteiger partial charge is 0.460 e. The summed E-state index contributed by atoms with van der Waals surface area (Å²) in [7, 11) is -15.9. The fraction of sp³-hybridized carbons (Fsp3) is 0.275. The van der Waals surface area contributed by atoms with Gasteiger partial charge in [0.25, 0.3) is 0 Å². The summed E-state index contributed by atoms with van der Waals surface area (Å²) < 4.78 is 56.0. The van der Waals surface area contributed by atoms with E-state index in [0.717, 1.165) is 14.0 Å². The van der Waals surface area contributed by atoms with Crippen molar-refractivity contribution in [2.75, 3.05) is 13.7 Å². The first kappa shape index (κ1) is 53.3. The molecule has 0 saturated carbocycles. The second kappa shape index (κ2) is 23.8. The summed E-state index contributed by atoms with van der Waals surface area (Å²) in [5.74, 6) is -0.909. The lowest BCUT2D eigenvalue weighted by Gasteiger charge is -2.55. The van der Waals surface area contributed by atoms with Gasteiger partial charge in [-0.2, -0.15) is 41.8 Å². The molecule has 1 aliphatic heterocycles. The molecule has 6 aromatic carbocycles. The van der Waals surface area contributed by atoms with Crippen molar-refractivity contribution < 1.29 is 76.1 Å². The number of methoxy groups -OCH3 is 1. The van der Waals surface area contributed by atoms with E-state index in [1.54, 1.807) is 182 Å². The van der Waals surface area contributed by atoms with Crippen LogP contribution in [0.2, 0.25) is 0 Å². The van der Waals surface area contributed by atoms with Crippen LogP contribution in [0.25, 0.3) is 0 Å². The Morgan fingerprint density at radius 3 is 0.971 bits per heavy atom. The maximum absolute atomic E-state index is 14.6. The first-order valence-electron chi connectivity index (χ1n) is 22.2. The first-order valence-corrected chi connectivity index (χ1v) is 26.9. The number of aliphatic hydroxyl groups is 3. The van der Waals surface area contributed by atoms with Crippen LogP contribution in [-0.4, -0.2) is 78.1 Å². The average Bonchev–Trinajstić information content (AvgIpc) is 3.40. The number of ether oxygens (including phenoxy) is 3.